The molecule has 0 aliphatic rings. The van der Waals surface area contributed by atoms with Gasteiger partial charge in [-0.15, -0.1) is 0 Å². The highest BCUT2D eigenvalue weighted by atomic mass is 16.4. The van der Waals surface area contributed by atoms with Gasteiger partial charge in [0.25, 0.3) is 0 Å². The number of carboxylic acid groups (broad SMARTS) is 1. The molecule has 5 N–H and O–H groups in total. The van der Waals surface area contributed by atoms with Gasteiger partial charge in [-0.05, 0) is 24.6 Å². The summed E-state index contributed by atoms with van der Waals surface area (Å²) in [5.74, 6) is -0.785. The van der Waals surface area contributed by atoms with Crippen molar-refractivity contribution in [1.29, 1.82) is 0 Å². The molecular weight excluding hydrogens is 268 g/mol. The van der Waals surface area contributed by atoms with Crippen molar-refractivity contribution in [3.8, 4) is 0 Å². The van der Waals surface area contributed by atoms with Crippen molar-refractivity contribution in [2.45, 2.75) is 38.6 Å². The van der Waals surface area contributed by atoms with Gasteiger partial charge in [-0.1, -0.05) is 38.0 Å². The summed E-state index contributed by atoms with van der Waals surface area (Å²) in [4.78, 5) is 14.5. The number of nitrogens with one attached hydrogen (secondary N) is 2. The first-order valence-electron chi connectivity index (χ1n) is 7.23. The van der Waals surface area contributed by atoms with Crippen molar-refractivity contribution < 1.29 is 15.4 Å². The van der Waals surface area contributed by atoms with Gasteiger partial charge >= 0.3 is 5.97 Å². The molecule has 0 aliphatic heterocycles. The molecule has 0 bridgehead atoms. The Balaban J connectivity index is 0.00000220. The fraction of sp³-hybridized carbons (Fsp3) is 0.438. The van der Waals surface area contributed by atoms with E-state index in [0.29, 0.717) is 6.42 Å². The number of aliphatic carboxylic acids is 1. The van der Waals surface area contributed by atoms with Gasteiger partial charge < -0.3 is 20.9 Å². The highest BCUT2D eigenvalue weighted by molar-refractivity contribution is 5.84. The van der Waals surface area contributed by atoms with E-state index in [1.807, 2.05) is 30.5 Å². The maximum Gasteiger partial charge on any atom is 0.321 e. The van der Waals surface area contributed by atoms with Gasteiger partial charge in [-0.25, -0.2) is 0 Å². The second kappa shape index (κ2) is 8.44. The third-order valence-corrected chi connectivity index (χ3v) is 3.57. The van der Waals surface area contributed by atoms with Crippen LogP contribution in [-0.2, 0) is 11.2 Å². The van der Waals surface area contributed by atoms with Gasteiger partial charge in [-0.3, -0.25) is 4.79 Å². The summed E-state index contributed by atoms with van der Waals surface area (Å²) >= 11 is 0. The maximum absolute atomic E-state index is 11.4. The molecular formula is C16H24N2O3. The molecule has 2 rings (SSSR count). The molecule has 1 aromatic heterocycles. The minimum absolute atomic E-state index is 0. The van der Waals surface area contributed by atoms with Crippen LogP contribution in [0.5, 0.6) is 0 Å². The lowest BCUT2D eigenvalue weighted by Gasteiger charge is -2.14. The first kappa shape index (κ1) is 17.2. The molecule has 1 heterocycles. The summed E-state index contributed by atoms with van der Waals surface area (Å²) in [6.45, 7) is 2.90. The van der Waals surface area contributed by atoms with Crippen molar-refractivity contribution in [3.63, 3.8) is 0 Å². The Hall–Kier alpha value is -1.85. The molecule has 5 heteroatoms. The minimum atomic E-state index is -0.785. The number of hydrogen-bond acceptors (Lipinski definition) is 2. The number of H-pyrrole nitrogens is 1. The average Bonchev–Trinajstić information content (AvgIpc) is 2.85. The van der Waals surface area contributed by atoms with Crippen LogP contribution in [0, 0.1) is 0 Å². The number of para-hydroxylation sites is 1. The quantitative estimate of drug-likeness (QED) is 0.650. The first-order valence-corrected chi connectivity index (χ1v) is 7.23. The highest BCUT2D eigenvalue weighted by Crippen LogP contribution is 2.19. The smallest absolute Gasteiger partial charge is 0.321 e. The number of aromatic nitrogens is 1. The van der Waals surface area contributed by atoms with E-state index in [1.54, 1.807) is 0 Å². The third kappa shape index (κ3) is 4.58. The zero-order valence-electron chi connectivity index (χ0n) is 12.4. The third-order valence-electron chi connectivity index (χ3n) is 3.57. The van der Waals surface area contributed by atoms with Gasteiger partial charge in [0.2, 0.25) is 0 Å². The van der Waals surface area contributed by atoms with Gasteiger partial charge in [0.15, 0.2) is 0 Å². The van der Waals surface area contributed by atoms with Crippen LogP contribution in [0.1, 0.15) is 31.7 Å². The highest BCUT2D eigenvalue weighted by Gasteiger charge is 2.18. The number of hydrogen-bond donors (Lipinski definition) is 3. The number of aromatic amines is 1. The van der Waals surface area contributed by atoms with Crippen LogP contribution >= 0.6 is 0 Å². The number of fused-ring (bicyclic) bond motifs is 1. The topological polar surface area (TPSA) is 96.6 Å². The lowest BCUT2D eigenvalue weighted by Crippen LogP contribution is -2.39. The average molecular weight is 292 g/mol. The Kier molecular flexibility index (Phi) is 6.91. The minimum Gasteiger partial charge on any atom is -0.480 e. The standard InChI is InChI=1S/C16H22N2O2.H2O/c1-2-3-6-9-17-15(16(19)20)10-12-11-18-14-8-5-4-7-13(12)14;/h4-5,7-8,11,15,17-18H,2-3,6,9-10H2,1H3,(H,19,20);1H2. The lowest BCUT2D eigenvalue weighted by atomic mass is 10.0. The Morgan fingerprint density at radius 1 is 1.33 bits per heavy atom. The molecule has 0 aliphatic carbocycles. The largest absolute Gasteiger partial charge is 0.480 e. The molecule has 1 unspecified atom stereocenters. The van der Waals surface area contributed by atoms with E-state index in [-0.39, 0.29) is 5.48 Å². The fourth-order valence-corrected chi connectivity index (χ4v) is 2.42. The zero-order chi connectivity index (χ0) is 14.4. The van der Waals surface area contributed by atoms with Crippen molar-refractivity contribution in [2.75, 3.05) is 6.54 Å². The Morgan fingerprint density at radius 2 is 2.10 bits per heavy atom. The van der Waals surface area contributed by atoms with Crippen LogP contribution in [0.15, 0.2) is 30.5 Å². The molecule has 0 amide bonds. The van der Waals surface area contributed by atoms with Crippen LogP contribution in [0.25, 0.3) is 10.9 Å². The van der Waals surface area contributed by atoms with Crippen molar-refractivity contribution in [2.24, 2.45) is 0 Å². The maximum atomic E-state index is 11.4. The summed E-state index contributed by atoms with van der Waals surface area (Å²) < 4.78 is 0. The van der Waals surface area contributed by atoms with Crippen LogP contribution < -0.4 is 5.32 Å². The van der Waals surface area contributed by atoms with E-state index in [9.17, 15) is 9.90 Å². The summed E-state index contributed by atoms with van der Waals surface area (Å²) in [5, 5.41) is 13.6. The predicted octanol–water partition coefficient (Wildman–Crippen LogP) is 2.12. The van der Waals surface area contributed by atoms with Crippen molar-refractivity contribution >= 4 is 16.9 Å². The number of rotatable bonds is 8. The molecule has 21 heavy (non-hydrogen) atoms. The molecule has 116 valence electrons. The van der Waals surface area contributed by atoms with E-state index in [2.05, 4.69) is 17.2 Å². The first-order chi connectivity index (χ1) is 9.72. The zero-order valence-corrected chi connectivity index (χ0v) is 12.4. The molecule has 0 fully saturated rings. The van der Waals surface area contributed by atoms with Crippen LogP contribution in [0.2, 0.25) is 0 Å². The van der Waals surface area contributed by atoms with E-state index in [4.69, 9.17) is 0 Å². The van der Waals surface area contributed by atoms with Crippen molar-refractivity contribution in [1.82, 2.24) is 10.3 Å². The lowest BCUT2D eigenvalue weighted by molar-refractivity contribution is -0.139. The Morgan fingerprint density at radius 3 is 2.81 bits per heavy atom. The monoisotopic (exact) mass is 292 g/mol. The van der Waals surface area contributed by atoms with E-state index < -0.39 is 12.0 Å². The number of benzene rings is 1. The second-order valence-corrected chi connectivity index (χ2v) is 5.12. The normalized spacial score (nSPS) is 12.0. The van der Waals surface area contributed by atoms with Crippen LogP contribution in [0.3, 0.4) is 0 Å². The number of carbonyl (C=O) groups is 1. The number of carboxylic acids is 1. The summed E-state index contributed by atoms with van der Waals surface area (Å²) in [6.07, 6.45) is 5.71. The number of unbranched alkanes of at least 4 members (excludes halogenated alkanes) is 2. The van der Waals surface area contributed by atoms with E-state index in [1.165, 1.54) is 0 Å². The van der Waals surface area contributed by atoms with Crippen molar-refractivity contribution in [3.05, 3.63) is 36.0 Å². The fourth-order valence-electron chi connectivity index (χ4n) is 2.42. The molecule has 5 nitrogen and oxygen atoms in total. The summed E-state index contributed by atoms with van der Waals surface area (Å²) in [7, 11) is 0. The molecule has 1 aromatic carbocycles. The second-order valence-electron chi connectivity index (χ2n) is 5.12. The van der Waals surface area contributed by atoms with Gasteiger partial charge in [-0.2, -0.15) is 0 Å². The molecule has 2 aromatic rings. The van der Waals surface area contributed by atoms with E-state index in [0.717, 1.165) is 42.3 Å². The summed E-state index contributed by atoms with van der Waals surface area (Å²) in [6, 6.07) is 7.45. The summed E-state index contributed by atoms with van der Waals surface area (Å²) in [5.41, 5.74) is 2.11. The molecule has 0 saturated heterocycles. The Labute approximate surface area is 124 Å². The van der Waals surface area contributed by atoms with Gasteiger partial charge in [0, 0.05) is 23.5 Å². The molecule has 0 spiro atoms. The van der Waals surface area contributed by atoms with Gasteiger partial charge in [0.05, 0.1) is 0 Å². The van der Waals surface area contributed by atoms with Gasteiger partial charge in [0.1, 0.15) is 6.04 Å². The SMILES string of the molecule is CCCCCNC(Cc1c[nH]c2ccccc12)C(=O)O.O. The van der Waals surface area contributed by atoms with Crippen LogP contribution in [-0.4, -0.2) is 34.1 Å². The predicted molar refractivity (Wildman–Crippen MR) is 84.6 cm³/mol. The van der Waals surface area contributed by atoms with Crippen LogP contribution in [0.4, 0.5) is 0 Å². The molecule has 0 saturated carbocycles. The molecule has 0 radical (unpaired) electrons. The molecule has 1 atom stereocenters. The van der Waals surface area contributed by atoms with E-state index >= 15 is 0 Å². The Bertz CT molecular complexity index is 565.